The van der Waals surface area contributed by atoms with Gasteiger partial charge in [0.25, 0.3) is 0 Å². The Hall–Kier alpha value is 0.690. The number of alkyl halides is 1. The third-order valence-corrected chi connectivity index (χ3v) is 3.83. The van der Waals surface area contributed by atoms with Gasteiger partial charge in [-0.1, -0.05) is 35.4 Å². The van der Waals surface area contributed by atoms with Gasteiger partial charge >= 0.3 is 0 Å². The SMILES string of the molecule is IC1CCC2(CCCC2)N1. The average Bonchev–Trinajstić information content (AvgIpc) is 2.46. The molecule has 0 radical (unpaired) electrons. The van der Waals surface area contributed by atoms with Crippen LogP contribution in [-0.2, 0) is 0 Å². The van der Waals surface area contributed by atoms with Crippen molar-refractivity contribution in [1.29, 1.82) is 0 Å². The Bertz CT molecular complexity index is 129. The quantitative estimate of drug-likeness (QED) is 0.396. The molecule has 0 bridgehead atoms. The van der Waals surface area contributed by atoms with E-state index in [1.807, 2.05) is 0 Å². The molecule has 1 atom stereocenters. The minimum atomic E-state index is 0.603. The lowest BCUT2D eigenvalue weighted by Crippen LogP contribution is -2.38. The number of rotatable bonds is 0. The highest BCUT2D eigenvalue weighted by molar-refractivity contribution is 14.1. The summed E-state index contributed by atoms with van der Waals surface area (Å²) >= 11 is 2.52. The van der Waals surface area contributed by atoms with Crippen LogP contribution in [0.4, 0.5) is 0 Å². The molecule has 2 heteroatoms. The first-order chi connectivity index (χ1) is 4.81. The summed E-state index contributed by atoms with van der Waals surface area (Å²) in [6.07, 6.45) is 8.60. The highest BCUT2D eigenvalue weighted by Gasteiger charge is 2.39. The van der Waals surface area contributed by atoms with E-state index in [1.165, 1.54) is 38.5 Å². The molecular weight excluding hydrogens is 237 g/mol. The highest BCUT2D eigenvalue weighted by Crippen LogP contribution is 2.39. The zero-order chi connectivity index (χ0) is 7.03. The molecular formula is C8H14IN. The Morgan fingerprint density at radius 3 is 2.40 bits per heavy atom. The monoisotopic (exact) mass is 251 g/mol. The lowest BCUT2D eigenvalue weighted by molar-refractivity contribution is 0.386. The van der Waals surface area contributed by atoms with E-state index < -0.39 is 0 Å². The maximum Gasteiger partial charge on any atom is 0.0598 e. The number of nitrogens with one attached hydrogen (secondary N) is 1. The Balaban J connectivity index is 2.03. The van der Waals surface area contributed by atoms with E-state index in [2.05, 4.69) is 27.9 Å². The molecule has 1 saturated heterocycles. The summed E-state index contributed by atoms with van der Waals surface area (Å²) in [6.45, 7) is 0. The second kappa shape index (κ2) is 2.63. The van der Waals surface area contributed by atoms with Crippen LogP contribution in [-0.4, -0.2) is 9.59 Å². The Labute approximate surface area is 76.1 Å². The van der Waals surface area contributed by atoms with Gasteiger partial charge in [-0.15, -0.1) is 0 Å². The van der Waals surface area contributed by atoms with Gasteiger partial charge in [0, 0.05) is 5.54 Å². The summed E-state index contributed by atoms with van der Waals surface area (Å²) in [5, 5.41) is 3.72. The van der Waals surface area contributed by atoms with Crippen molar-refractivity contribution >= 4 is 22.6 Å². The van der Waals surface area contributed by atoms with E-state index in [9.17, 15) is 0 Å². The predicted molar refractivity (Wildman–Crippen MR) is 51.4 cm³/mol. The van der Waals surface area contributed by atoms with Gasteiger partial charge in [0.2, 0.25) is 0 Å². The Kier molecular flexibility index (Phi) is 1.93. The first-order valence-corrected chi connectivity index (χ1v) is 5.47. The first kappa shape index (κ1) is 7.35. The number of halogens is 1. The molecule has 0 amide bonds. The molecule has 10 heavy (non-hydrogen) atoms. The van der Waals surface area contributed by atoms with Crippen molar-refractivity contribution in [2.24, 2.45) is 0 Å². The summed E-state index contributed by atoms with van der Waals surface area (Å²) < 4.78 is 0.760. The molecule has 2 rings (SSSR count). The van der Waals surface area contributed by atoms with Crippen molar-refractivity contribution in [2.45, 2.75) is 48.1 Å². The van der Waals surface area contributed by atoms with Crippen LogP contribution < -0.4 is 5.32 Å². The fraction of sp³-hybridized carbons (Fsp3) is 1.00. The molecule has 2 fully saturated rings. The predicted octanol–water partition coefficient (Wildman–Crippen LogP) is 2.44. The first-order valence-electron chi connectivity index (χ1n) is 4.23. The van der Waals surface area contributed by atoms with Crippen molar-refractivity contribution in [3.8, 4) is 0 Å². The van der Waals surface area contributed by atoms with E-state index in [0.717, 1.165) is 4.05 Å². The highest BCUT2D eigenvalue weighted by atomic mass is 127. The van der Waals surface area contributed by atoms with Crippen molar-refractivity contribution in [3.63, 3.8) is 0 Å². The van der Waals surface area contributed by atoms with Gasteiger partial charge in [-0.3, -0.25) is 5.32 Å². The molecule has 1 unspecified atom stereocenters. The van der Waals surface area contributed by atoms with Crippen LogP contribution in [0.15, 0.2) is 0 Å². The molecule has 0 aromatic carbocycles. The van der Waals surface area contributed by atoms with E-state index in [-0.39, 0.29) is 0 Å². The van der Waals surface area contributed by atoms with Gasteiger partial charge in [0.05, 0.1) is 4.05 Å². The van der Waals surface area contributed by atoms with Crippen LogP contribution >= 0.6 is 22.6 Å². The number of hydrogen-bond acceptors (Lipinski definition) is 1. The Morgan fingerprint density at radius 2 is 1.90 bits per heavy atom. The van der Waals surface area contributed by atoms with E-state index in [4.69, 9.17) is 0 Å². The van der Waals surface area contributed by atoms with Gasteiger partial charge < -0.3 is 0 Å². The van der Waals surface area contributed by atoms with Gasteiger partial charge in [-0.2, -0.15) is 0 Å². The van der Waals surface area contributed by atoms with Crippen LogP contribution in [0.3, 0.4) is 0 Å². The smallest absolute Gasteiger partial charge is 0.0598 e. The molecule has 1 spiro atoms. The minimum Gasteiger partial charge on any atom is -0.300 e. The van der Waals surface area contributed by atoms with E-state index in [1.54, 1.807) is 0 Å². The lowest BCUT2D eigenvalue weighted by Gasteiger charge is -2.23. The van der Waals surface area contributed by atoms with Crippen LogP contribution in [0.25, 0.3) is 0 Å². The molecule has 1 aliphatic carbocycles. The minimum absolute atomic E-state index is 0.603. The molecule has 1 aliphatic heterocycles. The second-order valence-corrected chi connectivity index (χ2v) is 5.14. The molecule has 1 N–H and O–H groups in total. The van der Waals surface area contributed by atoms with Crippen LogP contribution in [0.1, 0.15) is 38.5 Å². The van der Waals surface area contributed by atoms with Crippen molar-refractivity contribution in [1.82, 2.24) is 5.32 Å². The van der Waals surface area contributed by atoms with Crippen LogP contribution in [0, 0.1) is 0 Å². The zero-order valence-electron chi connectivity index (χ0n) is 6.20. The lowest BCUT2D eigenvalue weighted by atomic mass is 9.96. The summed E-state index contributed by atoms with van der Waals surface area (Å²) in [7, 11) is 0. The summed E-state index contributed by atoms with van der Waals surface area (Å²) in [5.41, 5.74) is 0.603. The van der Waals surface area contributed by atoms with Crippen molar-refractivity contribution < 1.29 is 0 Å². The van der Waals surface area contributed by atoms with E-state index >= 15 is 0 Å². The van der Waals surface area contributed by atoms with Gasteiger partial charge in [0.1, 0.15) is 0 Å². The molecule has 0 aromatic rings. The zero-order valence-corrected chi connectivity index (χ0v) is 8.36. The molecule has 1 heterocycles. The largest absolute Gasteiger partial charge is 0.300 e. The Morgan fingerprint density at radius 1 is 1.20 bits per heavy atom. The fourth-order valence-corrected chi connectivity index (χ4v) is 3.30. The van der Waals surface area contributed by atoms with Crippen molar-refractivity contribution in [2.75, 3.05) is 0 Å². The van der Waals surface area contributed by atoms with E-state index in [0.29, 0.717) is 5.54 Å². The molecule has 1 saturated carbocycles. The maximum atomic E-state index is 3.72. The van der Waals surface area contributed by atoms with Gasteiger partial charge in [-0.05, 0) is 25.7 Å². The molecule has 0 aromatic heterocycles. The van der Waals surface area contributed by atoms with Gasteiger partial charge in [-0.25, -0.2) is 0 Å². The van der Waals surface area contributed by atoms with Crippen molar-refractivity contribution in [3.05, 3.63) is 0 Å². The molecule has 2 aliphatic rings. The molecule has 58 valence electrons. The van der Waals surface area contributed by atoms with Crippen LogP contribution in [0.2, 0.25) is 0 Å². The third-order valence-electron chi connectivity index (χ3n) is 2.90. The second-order valence-electron chi connectivity index (χ2n) is 3.64. The fourth-order valence-electron chi connectivity index (χ4n) is 2.33. The summed E-state index contributed by atoms with van der Waals surface area (Å²) in [4.78, 5) is 0. The summed E-state index contributed by atoms with van der Waals surface area (Å²) in [5.74, 6) is 0. The summed E-state index contributed by atoms with van der Waals surface area (Å²) in [6, 6.07) is 0. The topological polar surface area (TPSA) is 12.0 Å². The van der Waals surface area contributed by atoms with Gasteiger partial charge in [0.15, 0.2) is 0 Å². The normalized spacial score (nSPS) is 37.5. The number of hydrogen-bond donors (Lipinski definition) is 1. The third kappa shape index (κ3) is 1.20. The molecule has 1 nitrogen and oxygen atoms in total. The standard InChI is InChI=1S/C8H14IN/c9-7-3-6-8(10-7)4-1-2-5-8/h7,10H,1-6H2. The maximum absolute atomic E-state index is 3.72. The average molecular weight is 251 g/mol. The van der Waals surface area contributed by atoms with Crippen LogP contribution in [0.5, 0.6) is 0 Å².